The van der Waals surface area contributed by atoms with E-state index >= 15 is 0 Å². The predicted octanol–water partition coefficient (Wildman–Crippen LogP) is 0.492. The third-order valence-corrected chi connectivity index (χ3v) is 3.46. The van der Waals surface area contributed by atoms with E-state index in [1.54, 1.807) is 20.8 Å². The molecule has 1 heterocycles. The van der Waals surface area contributed by atoms with Crippen LogP contribution in [0.5, 0.6) is 0 Å². The number of nitrogens with zero attached hydrogens (tertiary/aromatic N) is 2. The Kier molecular flexibility index (Phi) is 5.69. The number of hydrogen-bond acceptors (Lipinski definition) is 5. The van der Waals surface area contributed by atoms with Crippen LogP contribution in [0.1, 0.15) is 20.8 Å². The molecule has 0 aromatic rings. The van der Waals surface area contributed by atoms with Crippen LogP contribution in [0.15, 0.2) is 0 Å². The maximum atomic E-state index is 12.3. The summed E-state index contributed by atoms with van der Waals surface area (Å²) in [7, 11) is 2.63. The summed E-state index contributed by atoms with van der Waals surface area (Å²) in [5, 5.41) is 0. The van der Waals surface area contributed by atoms with Crippen LogP contribution in [-0.2, 0) is 19.1 Å². The molecular formula is C15H20N2O5. The summed E-state index contributed by atoms with van der Waals surface area (Å²) in [6.07, 6.45) is 0. The Labute approximate surface area is 129 Å². The second kappa shape index (κ2) is 7.07. The van der Waals surface area contributed by atoms with Gasteiger partial charge in [-0.15, -0.1) is 0 Å². The van der Waals surface area contributed by atoms with Gasteiger partial charge in [0.25, 0.3) is 0 Å². The van der Waals surface area contributed by atoms with Crippen molar-refractivity contribution in [1.29, 1.82) is 0 Å². The van der Waals surface area contributed by atoms with Crippen molar-refractivity contribution in [2.75, 3.05) is 20.7 Å². The molecule has 0 N–H and O–H groups in total. The van der Waals surface area contributed by atoms with Crippen molar-refractivity contribution in [2.24, 2.45) is 17.8 Å². The van der Waals surface area contributed by atoms with E-state index < -0.39 is 35.7 Å². The molecule has 0 aliphatic carbocycles. The molecule has 1 rings (SSSR count). The van der Waals surface area contributed by atoms with Crippen molar-refractivity contribution in [3.05, 3.63) is 0 Å². The molecular weight excluding hydrogens is 288 g/mol. The Balaban J connectivity index is 3.14. The first-order valence-electron chi connectivity index (χ1n) is 6.99. The largest absolute Gasteiger partial charge is 0.456 e. The molecule has 0 radical (unpaired) electrons. The highest BCUT2D eigenvalue weighted by Gasteiger charge is 2.46. The van der Waals surface area contributed by atoms with E-state index in [-0.39, 0.29) is 12.5 Å². The number of ether oxygens (including phenoxy) is 1. The molecule has 22 heavy (non-hydrogen) atoms. The molecule has 1 saturated heterocycles. The van der Waals surface area contributed by atoms with E-state index in [0.29, 0.717) is 0 Å². The molecule has 7 nitrogen and oxygen atoms in total. The molecule has 7 heteroatoms. The Morgan fingerprint density at radius 3 is 2.09 bits per heavy atom. The second-order valence-corrected chi connectivity index (χ2v) is 5.31. The monoisotopic (exact) mass is 308 g/mol. The molecule has 1 atom stereocenters. The van der Waals surface area contributed by atoms with Gasteiger partial charge in [-0.3, -0.25) is 19.4 Å². The average Bonchev–Trinajstić information content (AvgIpc) is 2.46. The van der Waals surface area contributed by atoms with Gasteiger partial charge in [-0.05, 0) is 12.8 Å². The van der Waals surface area contributed by atoms with Gasteiger partial charge in [0, 0.05) is 25.9 Å². The van der Waals surface area contributed by atoms with Gasteiger partial charge in [0.2, 0.25) is 11.8 Å². The molecule has 0 aromatic carbocycles. The number of rotatable bonds is 3. The molecule has 4 amide bonds. The lowest BCUT2D eigenvalue weighted by atomic mass is 9.81. The predicted molar refractivity (Wildman–Crippen MR) is 77.2 cm³/mol. The lowest BCUT2D eigenvalue weighted by Gasteiger charge is -2.36. The van der Waals surface area contributed by atoms with Gasteiger partial charge < -0.3 is 4.74 Å². The van der Waals surface area contributed by atoms with Gasteiger partial charge in [-0.25, -0.2) is 9.59 Å². The third-order valence-electron chi connectivity index (χ3n) is 3.46. The van der Waals surface area contributed by atoms with Gasteiger partial charge in [0.15, 0.2) is 0 Å². The minimum Gasteiger partial charge on any atom is -0.456 e. The highest BCUT2D eigenvalue weighted by molar-refractivity contribution is 6.16. The standard InChI is InChI=1S/C15H20N2O5/c1-6-22-11(18)8-7-10(9(2)3)12-13(19)16(4)15(21)17(5)14(12)20/h9-10,12H,6H2,1-5H3. The van der Waals surface area contributed by atoms with E-state index in [0.717, 1.165) is 9.80 Å². The number of carbonyl (C=O) groups excluding carboxylic acids is 4. The number of esters is 1. The summed E-state index contributed by atoms with van der Waals surface area (Å²) in [6, 6.07) is -0.674. The first-order valence-corrected chi connectivity index (χ1v) is 6.99. The molecule has 1 unspecified atom stereocenters. The average molecular weight is 308 g/mol. The minimum absolute atomic E-state index is 0.158. The van der Waals surface area contributed by atoms with E-state index in [1.165, 1.54) is 14.1 Å². The summed E-state index contributed by atoms with van der Waals surface area (Å²) >= 11 is 0. The van der Waals surface area contributed by atoms with Crippen molar-refractivity contribution in [1.82, 2.24) is 9.80 Å². The summed E-state index contributed by atoms with van der Waals surface area (Å²) in [6.45, 7) is 5.44. The van der Waals surface area contributed by atoms with Crippen LogP contribution in [0.4, 0.5) is 4.79 Å². The zero-order valence-electron chi connectivity index (χ0n) is 13.4. The van der Waals surface area contributed by atoms with Crippen LogP contribution < -0.4 is 0 Å². The third kappa shape index (κ3) is 3.45. The fourth-order valence-electron chi connectivity index (χ4n) is 2.19. The highest BCUT2D eigenvalue weighted by Crippen LogP contribution is 2.27. The Hall–Kier alpha value is -2.36. The van der Waals surface area contributed by atoms with E-state index in [4.69, 9.17) is 4.74 Å². The maximum absolute atomic E-state index is 12.3. The van der Waals surface area contributed by atoms with Crippen LogP contribution in [-0.4, -0.2) is 54.3 Å². The summed E-state index contributed by atoms with van der Waals surface area (Å²) in [5.74, 6) is 1.11. The fourth-order valence-corrected chi connectivity index (χ4v) is 2.19. The van der Waals surface area contributed by atoms with Crippen LogP contribution in [0.3, 0.4) is 0 Å². The van der Waals surface area contributed by atoms with Crippen molar-refractivity contribution < 1.29 is 23.9 Å². The molecule has 0 spiro atoms. The molecule has 0 saturated carbocycles. The molecule has 0 bridgehead atoms. The van der Waals surface area contributed by atoms with Crippen LogP contribution >= 0.6 is 0 Å². The fraction of sp³-hybridized carbons (Fsp3) is 0.600. The van der Waals surface area contributed by atoms with E-state index in [1.807, 2.05) is 0 Å². The van der Waals surface area contributed by atoms with Gasteiger partial charge in [0.05, 0.1) is 6.61 Å². The van der Waals surface area contributed by atoms with Crippen LogP contribution in [0, 0.1) is 29.6 Å². The topological polar surface area (TPSA) is 84.0 Å². The summed E-state index contributed by atoms with van der Waals surface area (Å²) in [4.78, 5) is 49.4. The Morgan fingerprint density at radius 1 is 1.18 bits per heavy atom. The lowest BCUT2D eigenvalue weighted by molar-refractivity contribution is -0.150. The number of carbonyl (C=O) groups is 4. The summed E-state index contributed by atoms with van der Waals surface area (Å²) < 4.78 is 4.71. The van der Waals surface area contributed by atoms with Crippen molar-refractivity contribution >= 4 is 23.8 Å². The highest BCUT2D eigenvalue weighted by atomic mass is 16.5. The van der Waals surface area contributed by atoms with Gasteiger partial charge in [-0.1, -0.05) is 19.8 Å². The normalized spacial score (nSPS) is 17.5. The van der Waals surface area contributed by atoms with Crippen LogP contribution in [0.2, 0.25) is 0 Å². The van der Waals surface area contributed by atoms with Gasteiger partial charge in [0.1, 0.15) is 5.92 Å². The second-order valence-electron chi connectivity index (χ2n) is 5.31. The van der Waals surface area contributed by atoms with E-state index in [2.05, 4.69) is 11.8 Å². The maximum Gasteiger partial charge on any atom is 0.384 e. The number of urea groups is 1. The lowest BCUT2D eigenvalue weighted by Crippen LogP contribution is -2.59. The number of imide groups is 2. The number of hydrogen-bond donors (Lipinski definition) is 0. The number of barbiturate groups is 1. The first kappa shape index (κ1) is 17.7. The van der Waals surface area contributed by atoms with Crippen molar-refractivity contribution in [3.8, 4) is 11.8 Å². The molecule has 1 aliphatic rings. The minimum atomic E-state index is -1.10. The SMILES string of the molecule is CCOC(=O)C#CC(C(C)C)C1C(=O)N(C)C(=O)N(C)C1=O. The Morgan fingerprint density at radius 2 is 1.68 bits per heavy atom. The van der Waals surface area contributed by atoms with Crippen molar-refractivity contribution in [3.63, 3.8) is 0 Å². The van der Waals surface area contributed by atoms with E-state index in [9.17, 15) is 19.2 Å². The van der Waals surface area contributed by atoms with Crippen molar-refractivity contribution in [2.45, 2.75) is 20.8 Å². The van der Waals surface area contributed by atoms with Gasteiger partial charge >= 0.3 is 12.0 Å². The molecule has 1 aliphatic heterocycles. The molecule has 1 fully saturated rings. The zero-order valence-corrected chi connectivity index (χ0v) is 13.4. The quantitative estimate of drug-likeness (QED) is 0.328. The van der Waals surface area contributed by atoms with Crippen LogP contribution in [0.25, 0.3) is 0 Å². The number of amides is 4. The summed E-state index contributed by atoms with van der Waals surface area (Å²) in [5.41, 5.74) is 0. The first-order chi connectivity index (χ1) is 10.2. The molecule has 120 valence electrons. The van der Waals surface area contributed by atoms with Gasteiger partial charge in [-0.2, -0.15) is 0 Å². The zero-order chi connectivity index (χ0) is 17.0. The molecule has 0 aromatic heterocycles. The smallest absolute Gasteiger partial charge is 0.384 e. The Bertz CT molecular complexity index is 534.